The zero-order valence-corrected chi connectivity index (χ0v) is 40.7. The number of methoxy groups -OCH3 is 3. The van der Waals surface area contributed by atoms with Crippen LogP contribution in [0.1, 0.15) is 18.7 Å². The molecule has 3 fully saturated rings. The van der Waals surface area contributed by atoms with E-state index in [0.29, 0.717) is 0 Å². The van der Waals surface area contributed by atoms with Crippen LogP contribution in [0.15, 0.2) is 39.3 Å². The van der Waals surface area contributed by atoms with Gasteiger partial charge in [-0.1, -0.05) is 12.2 Å². The molecule has 0 radical (unpaired) electrons. The number of rotatable bonds is 20. The van der Waals surface area contributed by atoms with Gasteiger partial charge in [0.25, 0.3) is 11.1 Å². The minimum Gasteiger partial charge on any atom is -0.394 e. The van der Waals surface area contributed by atoms with Crippen LogP contribution in [0.4, 0.5) is 17.7 Å². The number of aliphatic hydroxyl groups is 1. The maximum atomic E-state index is 14.2. The Morgan fingerprint density at radius 2 is 1.11 bits per heavy atom. The molecule has 11 N–H and O–H groups in total. The lowest BCUT2D eigenvalue weighted by Gasteiger charge is -2.28. The van der Waals surface area contributed by atoms with Crippen molar-refractivity contribution in [2.75, 3.05) is 65.5 Å². The topological polar surface area (TPSA) is 463 Å². The van der Waals surface area contributed by atoms with E-state index in [0.717, 1.165) is 25.1 Å². The second-order valence-electron chi connectivity index (χ2n) is 15.5. The molecule has 0 aromatic carbocycles. The number of H-pyrrole nitrogens is 2. The highest BCUT2D eigenvalue weighted by Gasteiger charge is 2.55. The van der Waals surface area contributed by atoms with Crippen molar-refractivity contribution in [1.82, 2.24) is 48.6 Å². The largest absolute Gasteiger partial charge is 0.472 e. The van der Waals surface area contributed by atoms with Gasteiger partial charge < -0.3 is 60.5 Å². The van der Waals surface area contributed by atoms with Crippen LogP contribution in [0.25, 0.3) is 22.3 Å². The van der Waals surface area contributed by atoms with E-state index in [1.54, 1.807) is 0 Å². The van der Waals surface area contributed by atoms with Crippen molar-refractivity contribution in [2.45, 2.75) is 73.6 Å². The summed E-state index contributed by atoms with van der Waals surface area (Å²) in [6, 6.07) is 1.25. The van der Waals surface area contributed by atoms with Gasteiger partial charge in [-0.3, -0.25) is 60.4 Å². The number of nitrogens with zero attached hydrogens (tertiary/aromatic N) is 8. The molecule has 15 atom stereocenters. The number of fused-ring (bicyclic) bond motifs is 2. The second kappa shape index (κ2) is 20.7. The van der Waals surface area contributed by atoms with E-state index in [2.05, 4.69) is 51.7 Å². The van der Waals surface area contributed by atoms with Crippen molar-refractivity contribution in [3.8, 4) is 0 Å². The number of imidazole rings is 2. The Morgan fingerprint density at radius 3 is 1.58 bits per heavy atom. The lowest BCUT2D eigenvalue weighted by molar-refractivity contribution is -0.0660. The number of nitrogen functional groups attached to an aromatic ring is 3. The number of aromatic amines is 2. The highest BCUT2D eigenvalue weighted by molar-refractivity contribution is 8.44. The summed E-state index contributed by atoms with van der Waals surface area (Å²) in [4.78, 5) is 84.4. The molecular formula is C33H46N13O21P3S. The van der Waals surface area contributed by atoms with Gasteiger partial charge in [-0.25, -0.2) is 28.5 Å². The minimum atomic E-state index is -5.43. The maximum absolute atomic E-state index is 14.2. The van der Waals surface area contributed by atoms with Crippen LogP contribution < -0.4 is 34.0 Å². The van der Waals surface area contributed by atoms with Gasteiger partial charge in [0.1, 0.15) is 60.8 Å². The molecule has 8 heterocycles. The zero-order chi connectivity index (χ0) is 51.3. The predicted molar refractivity (Wildman–Crippen MR) is 239 cm³/mol. The van der Waals surface area contributed by atoms with E-state index in [4.69, 9.17) is 68.2 Å². The molecule has 3 saturated heterocycles. The summed E-state index contributed by atoms with van der Waals surface area (Å²) in [5.74, 6) is -0.698. The molecule has 5 aromatic rings. The molecule has 9 unspecified atom stereocenters. The molecule has 0 bridgehead atoms. The van der Waals surface area contributed by atoms with E-state index >= 15 is 0 Å². The second-order valence-corrected chi connectivity index (χ2v) is 21.3. The van der Waals surface area contributed by atoms with Crippen LogP contribution >= 0.6 is 34.7 Å². The number of phosphoric acid groups is 2. The van der Waals surface area contributed by atoms with Gasteiger partial charge in [0.15, 0.2) is 41.0 Å². The fraction of sp³-hybridized carbons (Fsp3) is 0.576. The summed E-state index contributed by atoms with van der Waals surface area (Å²) >= 11 is 4.16. The quantitative estimate of drug-likeness (QED) is 0.0302. The summed E-state index contributed by atoms with van der Waals surface area (Å²) < 4.78 is 112. The average molecular weight is 1090 g/mol. The number of thiol groups is 1. The number of ether oxygens (including phenoxy) is 6. The summed E-state index contributed by atoms with van der Waals surface area (Å²) in [6.45, 7) is -7.19. The maximum Gasteiger partial charge on any atom is 0.472 e. The van der Waals surface area contributed by atoms with Crippen molar-refractivity contribution < 1.29 is 84.2 Å². The van der Waals surface area contributed by atoms with Gasteiger partial charge in [0, 0.05) is 34.6 Å². The van der Waals surface area contributed by atoms with Crippen LogP contribution in [0.3, 0.4) is 0 Å². The number of nitrogens with one attached hydrogen (secondary N) is 2. The Hall–Kier alpha value is -4.58. The molecule has 8 rings (SSSR count). The minimum absolute atomic E-state index is 0.0205. The van der Waals surface area contributed by atoms with Crippen molar-refractivity contribution >= 4 is 74.7 Å². The van der Waals surface area contributed by atoms with Crippen molar-refractivity contribution in [2.24, 2.45) is 0 Å². The molecule has 0 saturated carbocycles. The molecular weight excluding hydrogens is 1040 g/mol. The monoisotopic (exact) mass is 1090 g/mol. The normalized spacial score (nSPS) is 30.5. The van der Waals surface area contributed by atoms with Gasteiger partial charge in [-0.2, -0.15) is 15.0 Å². The summed E-state index contributed by atoms with van der Waals surface area (Å²) in [6.07, 6.45) is -13.8. The van der Waals surface area contributed by atoms with E-state index in [1.165, 1.54) is 41.9 Å². The Bertz CT molecular complexity index is 3090. The molecule has 5 aromatic heterocycles. The van der Waals surface area contributed by atoms with Crippen LogP contribution in [0, 0.1) is 0 Å². The number of phosphoric ester groups is 2. The summed E-state index contributed by atoms with van der Waals surface area (Å²) in [5, 5.41) is 10.3. The van der Waals surface area contributed by atoms with Gasteiger partial charge >= 0.3 is 28.1 Å². The smallest absolute Gasteiger partial charge is 0.394 e. The number of hydrogen-bond donors (Lipinski definition) is 9. The van der Waals surface area contributed by atoms with Crippen molar-refractivity contribution in [1.29, 1.82) is 0 Å². The van der Waals surface area contributed by atoms with E-state index in [9.17, 15) is 43.0 Å². The van der Waals surface area contributed by atoms with E-state index in [1.807, 2.05) is 0 Å². The third-order valence-corrected chi connectivity index (χ3v) is 14.8. The predicted octanol–water partition coefficient (Wildman–Crippen LogP) is -1.94. The van der Waals surface area contributed by atoms with Gasteiger partial charge in [0.05, 0.1) is 32.5 Å². The van der Waals surface area contributed by atoms with Crippen molar-refractivity contribution in [3.63, 3.8) is 0 Å². The first-order valence-electron chi connectivity index (χ1n) is 20.4. The molecule has 390 valence electrons. The molecule has 0 aliphatic carbocycles. The Morgan fingerprint density at radius 1 is 0.662 bits per heavy atom. The van der Waals surface area contributed by atoms with Gasteiger partial charge in [-0.15, -0.1) is 0 Å². The zero-order valence-electron chi connectivity index (χ0n) is 37.1. The molecule has 0 spiro atoms. The highest BCUT2D eigenvalue weighted by atomic mass is 32.7. The molecule has 71 heavy (non-hydrogen) atoms. The fourth-order valence-electron chi connectivity index (χ4n) is 8.12. The SMILES string of the molecule is COC1C(OP(=O)(O)OC)[C@@H](COP(=O)(O)OC2C(OC)[C@H](n3cnc4c(=O)[nH]c(N)nc43)O[C@@H]2COP(=O)(S)OC2C(OC)[C@H](n3cnc4c(=O)[nH]c(N)nc43)O[C@@H]2CO)O[C@H]1n1ccc(N)nc1=O. The first-order valence-corrected chi connectivity index (χ1v) is 26.1. The van der Waals surface area contributed by atoms with Crippen LogP contribution in [-0.4, -0.2) is 167 Å². The first-order chi connectivity index (χ1) is 33.6. The molecule has 0 amide bonds. The molecule has 34 nitrogen and oxygen atoms in total. The third-order valence-electron chi connectivity index (χ3n) is 11.2. The van der Waals surface area contributed by atoms with Crippen LogP contribution in [0.5, 0.6) is 0 Å². The number of aliphatic hydroxyl groups excluding tert-OH is 1. The molecule has 3 aliphatic heterocycles. The Labute approximate surface area is 401 Å². The van der Waals surface area contributed by atoms with E-state index in [-0.39, 0.29) is 40.0 Å². The third kappa shape index (κ3) is 10.8. The van der Waals surface area contributed by atoms with Gasteiger partial charge in [-0.05, 0) is 6.07 Å². The lowest BCUT2D eigenvalue weighted by Crippen LogP contribution is -2.39. The van der Waals surface area contributed by atoms with Gasteiger partial charge in [0.2, 0.25) is 11.9 Å². The van der Waals surface area contributed by atoms with E-state index < -0.39 is 133 Å². The molecule has 3 aliphatic rings. The first kappa shape index (κ1) is 52.7. The average Bonchev–Trinajstić information content (AvgIpc) is 4.13. The number of hydrogen-bond acceptors (Lipinski definition) is 27. The fourth-order valence-corrected chi connectivity index (χ4v) is 11.2. The number of nitrogens with two attached hydrogens (primary N) is 3. The van der Waals surface area contributed by atoms with Crippen LogP contribution in [0.2, 0.25) is 0 Å². The van der Waals surface area contributed by atoms with Crippen molar-refractivity contribution in [3.05, 3.63) is 56.1 Å². The Kier molecular flexibility index (Phi) is 15.4. The van der Waals surface area contributed by atoms with Crippen LogP contribution in [-0.2, 0) is 69.3 Å². The molecule has 38 heteroatoms. The summed E-state index contributed by atoms with van der Waals surface area (Å²) in [5.41, 5.74) is 14.5. The standard InChI is InChI=1S/C33H46N13O21P3S/c1-56-21-18(12(7-47)62-29(21)45-10-37-16-24(45)40-31(35)42-26(16)48)67-70(55,71)61-9-14-20(23(58-3)30(64-14)46-11-38-17-25(46)41-32(36)43-27(17)49)66-69(53,54)60-8-13-19(65-68(51,52)59-4)22(57-2)28(63-13)44-6-5-15(34)39-33(44)50/h5-6,10-14,18-23,28-30,47H,7-9H2,1-4H3,(H,51,52)(H,53,54)(H,55,71)(H2,34,39,50)(H3,35,40,42,48)(H3,36,41,43,49)/t12-,13-,14-,18?,19?,20?,21?,22?,23?,28-,29-,30-,70?/m1/s1. The summed E-state index contributed by atoms with van der Waals surface area (Å²) in [7, 11) is -5.84. The number of aromatic nitrogens is 10. The number of anilines is 3. The Balaban J connectivity index is 1.05. The highest BCUT2D eigenvalue weighted by Crippen LogP contribution is 2.58. The lowest BCUT2D eigenvalue weighted by atomic mass is 10.1.